The van der Waals surface area contributed by atoms with Crippen molar-refractivity contribution in [2.24, 2.45) is 0 Å². The number of aromatic nitrogens is 2. The van der Waals surface area contributed by atoms with Gasteiger partial charge >= 0.3 is 0 Å². The number of aliphatic hydroxyl groups is 1. The molecular weight excluding hydrogens is 272 g/mol. The van der Waals surface area contributed by atoms with Crippen molar-refractivity contribution in [1.82, 2.24) is 9.55 Å². The van der Waals surface area contributed by atoms with Gasteiger partial charge in [0.2, 0.25) is 0 Å². The molecule has 0 atom stereocenters. The van der Waals surface area contributed by atoms with Gasteiger partial charge in [0.15, 0.2) is 0 Å². The minimum absolute atomic E-state index is 0.120. The summed E-state index contributed by atoms with van der Waals surface area (Å²) in [6, 6.07) is 12.9. The summed E-state index contributed by atoms with van der Waals surface area (Å²) in [5.41, 5.74) is 7.20. The lowest BCUT2D eigenvalue weighted by Gasteiger charge is -2.10. The molecule has 0 radical (unpaired) electrons. The van der Waals surface area contributed by atoms with E-state index in [9.17, 15) is 5.11 Å². The molecular formula is C19H22N2O. The van der Waals surface area contributed by atoms with Crippen LogP contribution in [0.25, 0.3) is 11.0 Å². The number of hydrogen-bond acceptors (Lipinski definition) is 2. The first kappa shape index (κ1) is 14.8. The number of rotatable bonds is 4. The summed E-state index contributed by atoms with van der Waals surface area (Å²) in [7, 11) is 0. The predicted molar refractivity (Wildman–Crippen MR) is 90.3 cm³/mol. The van der Waals surface area contributed by atoms with Crippen LogP contribution in [0.15, 0.2) is 36.4 Å². The molecule has 0 fully saturated rings. The van der Waals surface area contributed by atoms with E-state index in [0.29, 0.717) is 6.42 Å². The van der Waals surface area contributed by atoms with Crippen molar-refractivity contribution in [3.63, 3.8) is 0 Å². The third-order valence-electron chi connectivity index (χ3n) is 4.24. The number of fused-ring (bicyclic) bond motifs is 1. The van der Waals surface area contributed by atoms with E-state index in [1.807, 2.05) is 0 Å². The van der Waals surface area contributed by atoms with E-state index < -0.39 is 0 Å². The van der Waals surface area contributed by atoms with Gasteiger partial charge < -0.3 is 9.67 Å². The predicted octanol–water partition coefficient (Wildman–Crippen LogP) is 3.54. The lowest BCUT2D eigenvalue weighted by atomic mass is 10.1. The molecule has 3 aromatic rings. The Kier molecular flexibility index (Phi) is 3.99. The van der Waals surface area contributed by atoms with E-state index in [1.54, 1.807) is 0 Å². The Bertz CT molecular complexity index is 800. The lowest BCUT2D eigenvalue weighted by molar-refractivity contribution is 0.295. The second-order valence-corrected chi connectivity index (χ2v) is 6.00. The molecule has 0 amide bonds. The monoisotopic (exact) mass is 294 g/mol. The second-order valence-electron chi connectivity index (χ2n) is 6.00. The SMILES string of the molecule is Cc1ccc(Cn2c(CCO)nc3cc(C)c(C)cc32)cc1. The summed E-state index contributed by atoms with van der Waals surface area (Å²) in [4.78, 5) is 4.72. The normalized spacial score (nSPS) is 11.3. The van der Waals surface area contributed by atoms with Crippen molar-refractivity contribution >= 4 is 11.0 Å². The third kappa shape index (κ3) is 2.77. The molecule has 0 saturated carbocycles. The van der Waals surface area contributed by atoms with Gasteiger partial charge in [0.1, 0.15) is 5.82 Å². The van der Waals surface area contributed by atoms with Crippen molar-refractivity contribution in [3.8, 4) is 0 Å². The molecule has 0 spiro atoms. The molecule has 0 saturated heterocycles. The molecule has 0 aliphatic rings. The van der Waals surface area contributed by atoms with E-state index in [-0.39, 0.29) is 6.61 Å². The zero-order valence-electron chi connectivity index (χ0n) is 13.4. The summed E-state index contributed by atoms with van der Waals surface area (Å²) in [6.45, 7) is 7.24. The minimum atomic E-state index is 0.120. The Morgan fingerprint density at radius 3 is 2.36 bits per heavy atom. The molecule has 0 aliphatic heterocycles. The van der Waals surface area contributed by atoms with Crippen LogP contribution >= 0.6 is 0 Å². The van der Waals surface area contributed by atoms with Crippen LogP contribution in [0.4, 0.5) is 0 Å². The van der Waals surface area contributed by atoms with Gasteiger partial charge in [0.05, 0.1) is 17.6 Å². The molecule has 0 aliphatic carbocycles. The maximum absolute atomic E-state index is 9.33. The standard InChI is InChI=1S/C19H22N2O/c1-13-4-6-16(7-5-13)12-21-18-11-15(3)14(2)10-17(18)20-19(21)8-9-22/h4-7,10-11,22H,8-9,12H2,1-3H3. The molecule has 0 unspecified atom stereocenters. The van der Waals surface area contributed by atoms with E-state index in [0.717, 1.165) is 23.4 Å². The second kappa shape index (κ2) is 5.93. The van der Waals surface area contributed by atoms with Gasteiger partial charge in [-0.25, -0.2) is 4.98 Å². The van der Waals surface area contributed by atoms with Crippen LogP contribution in [-0.2, 0) is 13.0 Å². The Balaban J connectivity index is 2.10. The third-order valence-corrected chi connectivity index (χ3v) is 4.24. The molecule has 22 heavy (non-hydrogen) atoms. The van der Waals surface area contributed by atoms with Gasteiger partial charge in [-0.1, -0.05) is 29.8 Å². The van der Waals surface area contributed by atoms with Gasteiger partial charge in [0.25, 0.3) is 0 Å². The maximum atomic E-state index is 9.33. The van der Waals surface area contributed by atoms with E-state index in [4.69, 9.17) is 4.98 Å². The van der Waals surface area contributed by atoms with Crippen molar-refractivity contribution in [2.75, 3.05) is 6.61 Å². The first-order chi connectivity index (χ1) is 10.6. The number of aliphatic hydroxyl groups excluding tert-OH is 1. The van der Waals surface area contributed by atoms with Gasteiger partial charge in [-0.2, -0.15) is 0 Å². The van der Waals surface area contributed by atoms with Gasteiger partial charge in [-0.3, -0.25) is 0 Å². The van der Waals surface area contributed by atoms with Crippen LogP contribution in [0.3, 0.4) is 0 Å². The van der Waals surface area contributed by atoms with Crippen LogP contribution in [-0.4, -0.2) is 21.3 Å². The maximum Gasteiger partial charge on any atom is 0.112 e. The van der Waals surface area contributed by atoms with Gasteiger partial charge in [-0.05, 0) is 49.6 Å². The van der Waals surface area contributed by atoms with Crippen LogP contribution in [0.5, 0.6) is 0 Å². The molecule has 1 N–H and O–H groups in total. The molecule has 1 heterocycles. The smallest absolute Gasteiger partial charge is 0.112 e. The number of hydrogen-bond donors (Lipinski definition) is 1. The Morgan fingerprint density at radius 2 is 1.68 bits per heavy atom. The largest absolute Gasteiger partial charge is 0.396 e. The van der Waals surface area contributed by atoms with Crippen molar-refractivity contribution < 1.29 is 5.11 Å². The van der Waals surface area contributed by atoms with Crippen molar-refractivity contribution in [3.05, 3.63) is 64.5 Å². The first-order valence-corrected chi connectivity index (χ1v) is 7.71. The average Bonchev–Trinajstić information content (AvgIpc) is 2.80. The number of nitrogens with zero attached hydrogens (tertiary/aromatic N) is 2. The lowest BCUT2D eigenvalue weighted by Crippen LogP contribution is -2.07. The fourth-order valence-corrected chi connectivity index (χ4v) is 2.77. The van der Waals surface area contributed by atoms with Crippen molar-refractivity contribution in [1.29, 1.82) is 0 Å². The highest BCUT2D eigenvalue weighted by atomic mass is 16.3. The molecule has 3 nitrogen and oxygen atoms in total. The molecule has 2 aromatic carbocycles. The summed E-state index contributed by atoms with van der Waals surface area (Å²) in [6.07, 6.45) is 0.582. The van der Waals surface area contributed by atoms with Gasteiger partial charge in [-0.15, -0.1) is 0 Å². The van der Waals surface area contributed by atoms with E-state index in [1.165, 1.54) is 22.3 Å². The summed E-state index contributed by atoms with van der Waals surface area (Å²) in [5, 5.41) is 9.33. The van der Waals surface area contributed by atoms with Gasteiger partial charge in [0, 0.05) is 13.0 Å². The first-order valence-electron chi connectivity index (χ1n) is 7.71. The van der Waals surface area contributed by atoms with Crippen molar-refractivity contribution in [2.45, 2.75) is 33.7 Å². The Hall–Kier alpha value is -2.13. The Morgan fingerprint density at radius 1 is 1.00 bits per heavy atom. The highest BCUT2D eigenvalue weighted by Gasteiger charge is 2.12. The number of imidazole rings is 1. The number of aryl methyl sites for hydroxylation is 3. The zero-order valence-corrected chi connectivity index (χ0v) is 13.4. The average molecular weight is 294 g/mol. The fraction of sp³-hybridized carbons (Fsp3) is 0.316. The van der Waals surface area contributed by atoms with Crippen LogP contribution in [0.1, 0.15) is 28.1 Å². The fourth-order valence-electron chi connectivity index (χ4n) is 2.77. The number of benzene rings is 2. The molecule has 1 aromatic heterocycles. The summed E-state index contributed by atoms with van der Waals surface area (Å²) < 4.78 is 2.22. The molecule has 0 bridgehead atoms. The quantitative estimate of drug-likeness (QED) is 0.799. The highest BCUT2D eigenvalue weighted by molar-refractivity contribution is 5.78. The topological polar surface area (TPSA) is 38.0 Å². The molecule has 114 valence electrons. The zero-order chi connectivity index (χ0) is 15.7. The molecule has 3 heteroatoms. The van der Waals surface area contributed by atoms with Crippen LogP contribution in [0.2, 0.25) is 0 Å². The summed E-state index contributed by atoms with van der Waals surface area (Å²) in [5.74, 6) is 0.947. The van der Waals surface area contributed by atoms with E-state index in [2.05, 4.69) is 61.7 Å². The van der Waals surface area contributed by atoms with Crippen LogP contribution in [0, 0.1) is 20.8 Å². The van der Waals surface area contributed by atoms with E-state index >= 15 is 0 Å². The molecule has 3 rings (SSSR count). The minimum Gasteiger partial charge on any atom is -0.396 e. The summed E-state index contributed by atoms with van der Waals surface area (Å²) >= 11 is 0. The Labute approximate surface area is 131 Å². The van der Waals surface area contributed by atoms with Crippen LogP contribution < -0.4 is 0 Å². The highest BCUT2D eigenvalue weighted by Crippen LogP contribution is 2.22.